The summed E-state index contributed by atoms with van der Waals surface area (Å²) in [5, 5.41) is 0. The van der Waals surface area contributed by atoms with E-state index in [1.807, 2.05) is 48.5 Å². The standard InChI is InChI=1S/C18H18O3/c1-3-11-19-15-7-5-9-17(13-15)21-18-10-6-8-16(14-18)20-12-4-2/h3-10,13-14H,1-2,11-12H2. The zero-order valence-corrected chi connectivity index (χ0v) is 11.8. The minimum Gasteiger partial charge on any atom is -0.489 e. The molecule has 0 aliphatic heterocycles. The van der Waals surface area contributed by atoms with Gasteiger partial charge < -0.3 is 14.2 Å². The molecule has 0 fully saturated rings. The van der Waals surface area contributed by atoms with E-state index in [1.165, 1.54) is 0 Å². The van der Waals surface area contributed by atoms with Crippen LogP contribution in [0.4, 0.5) is 0 Å². The zero-order valence-electron chi connectivity index (χ0n) is 11.8. The van der Waals surface area contributed by atoms with E-state index < -0.39 is 0 Å². The number of benzene rings is 2. The lowest BCUT2D eigenvalue weighted by Gasteiger charge is -2.09. The second-order valence-corrected chi connectivity index (χ2v) is 4.25. The van der Waals surface area contributed by atoms with E-state index in [0.29, 0.717) is 24.7 Å². The Morgan fingerprint density at radius 3 is 1.57 bits per heavy atom. The second kappa shape index (κ2) is 7.80. The molecule has 21 heavy (non-hydrogen) atoms. The van der Waals surface area contributed by atoms with Crippen LogP contribution in [-0.4, -0.2) is 13.2 Å². The Kier molecular flexibility index (Phi) is 5.47. The van der Waals surface area contributed by atoms with Crippen LogP contribution in [0.5, 0.6) is 23.0 Å². The Balaban J connectivity index is 2.06. The van der Waals surface area contributed by atoms with Gasteiger partial charge in [0.2, 0.25) is 0 Å². The van der Waals surface area contributed by atoms with Crippen molar-refractivity contribution in [3.63, 3.8) is 0 Å². The molecule has 0 radical (unpaired) electrons. The van der Waals surface area contributed by atoms with Crippen LogP contribution in [-0.2, 0) is 0 Å². The van der Waals surface area contributed by atoms with Crippen LogP contribution < -0.4 is 14.2 Å². The van der Waals surface area contributed by atoms with E-state index in [2.05, 4.69) is 13.2 Å². The van der Waals surface area contributed by atoms with Crippen molar-refractivity contribution in [1.29, 1.82) is 0 Å². The molecule has 0 aromatic heterocycles. The number of hydrogen-bond donors (Lipinski definition) is 0. The van der Waals surface area contributed by atoms with Gasteiger partial charge in [-0.3, -0.25) is 0 Å². The van der Waals surface area contributed by atoms with Gasteiger partial charge in [-0.05, 0) is 24.3 Å². The SMILES string of the molecule is C=CCOc1cccc(Oc2cccc(OCC=C)c2)c1. The van der Waals surface area contributed by atoms with Gasteiger partial charge in [-0.25, -0.2) is 0 Å². The molecule has 0 saturated carbocycles. The van der Waals surface area contributed by atoms with Crippen molar-refractivity contribution in [3.8, 4) is 23.0 Å². The Morgan fingerprint density at radius 2 is 1.14 bits per heavy atom. The van der Waals surface area contributed by atoms with E-state index in [4.69, 9.17) is 14.2 Å². The Bertz CT molecular complexity index is 551. The fourth-order valence-electron chi connectivity index (χ4n) is 1.70. The van der Waals surface area contributed by atoms with Crippen molar-refractivity contribution in [2.24, 2.45) is 0 Å². The predicted octanol–water partition coefficient (Wildman–Crippen LogP) is 4.61. The second-order valence-electron chi connectivity index (χ2n) is 4.25. The molecule has 0 aliphatic rings. The molecule has 3 heteroatoms. The highest BCUT2D eigenvalue weighted by Gasteiger charge is 2.01. The first kappa shape index (κ1) is 14.7. The highest BCUT2D eigenvalue weighted by molar-refractivity contribution is 5.39. The molecule has 2 rings (SSSR count). The monoisotopic (exact) mass is 282 g/mol. The van der Waals surface area contributed by atoms with Gasteiger partial charge in [0.05, 0.1) is 0 Å². The molecule has 0 atom stereocenters. The molecule has 0 saturated heterocycles. The normalized spacial score (nSPS) is 9.71. The lowest BCUT2D eigenvalue weighted by Crippen LogP contribution is -1.94. The maximum atomic E-state index is 5.81. The molecular weight excluding hydrogens is 264 g/mol. The third kappa shape index (κ3) is 4.73. The summed E-state index contributed by atoms with van der Waals surface area (Å²) in [5.74, 6) is 2.90. The molecule has 108 valence electrons. The summed E-state index contributed by atoms with van der Waals surface area (Å²) in [7, 11) is 0. The Labute approximate surface area is 125 Å². The molecular formula is C18H18O3. The topological polar surface area (TPSA) is 27.7 Å². The van der Waals surface area contributed by atoms with Crippen LogP contribution in [0.15, 0.2) is 73.8 Å². The van der Waals surface area contributed by atoms with Crippen LogP contribution in [0.1, 0.15) is 0 Å². The summed E-state index contributed by atoms with van der Waals surface area (Å²) in [5.41, 5.74) is 0. The lowest BCUT2D eigenvalue weighted by atomic mass is 10.3. The van der Waals surface area contributed by atoms with Gasteiger partial charge in [-0.15, -0.1) is 0 Å². The molecule has 0 heterocycles. The van der Waals surface area contributed by atoms with E-state index in [0.717, 1.165) is 11.5 Å². The third-order valence-electron chi connectivity index (χ3n) is 2.58. The average molecular weight is 282 g/mol. The fourth-order valence-corrected chi connectivity index (χ4v) is 1.70. The smallest absolute Gasteiger partial charge is 0.131 e. The van der Waals surface area contributed by atoms with Crippen LogP contribution in [0.3, 0.4) is 0 Å². The van der Waals surface area contributed by atoms with E-state index in [1.54, 1.807) is 12.2 Å². The van der Waals surface area contributed by atoms with E-state index >= 15 is 0 Å². The number of ether oxygens (including phenoxy) is 3. The van der Waals surface area contributed by atoms with E-state index in [9.17, 15) is 0 Å². The molecule has 0 spiro atoms. The Morgan fingerprint density at radius 1 is 0.714 bits per heavy atom. The summed E-state index contributed by atoms with van der Waals surface area (Å²) in [6.07, 6.45) is 3.40. The number of hydrogen-bond acceptors (Lipinski definition) is 3. The quantitative estimate of drug-likeness (QED) is 0.662. The average Bonchev–Trinajstić information content (AvgIpc) is 2.52. The minimum atomic E-state index is 0.467. The Hall–Kier alpha value is -2.68. The summed E-state index contributed by atoms with van der Waals surface area (Å²) in [4.78, 5) is 0. The lowest BCUT2D eigenvalue weighted by molar-refractivity contribution is 0.357. The maximum absolute atomic E-state index is 5.81. The first-order valence-electron chi connectivity index (χ1n) is 6.67. The van der Waals surface area contributed by atoms with E-state index in [-0.39, 0.29) is 0 Å². The van der Waals surface area contributed by atoms with Crippen molar-refractivity contribution in [2.75, 3.05) is 13.2 Å². The summed E-state index contributed by atoms with van der Waals surface area (Å²) < 4.78 is 16.8. The van der Waals surface area contributed by atoms with Crippen molar-refractivity contribution >= 4 is 0 Å². The third-order valence-corrected chi connectivity index (χ3v) is 2.58. The molecule has 0 N–H and O–H groups in total. The van der Waals surface area contributed by atoms with Crippen LogP contribution in [0.2, 0.25) is 0 Å². The van der Waals surface area contributed by atoms with Crippen molar-refractivity contribution < 1.29 is 14.2 Å². The van der Waals surface area contributed by atoms with Gasteiger partial charge in [0, 0.05) is 12.1 Å². The summed E-state index contributed by atoms with van der Waals surface area (Å²) >= 11 is 0. The minimum absolute atomic E-state index is 0.467. The summed E-state index contributed by atoms with van der Waals surface area (Å²) in [6.45, 7) is 8.18. The highest BCUT2D eigenvalue weighted by atomic mass is 16.5. The largest absolute Gasteiger partial charge is 0.489 e. The predicted molar refractivity (Wildman–Crippen MR) is 84.3 cm³/mol. The molecule has 2 aromatic rings. The van der Waals surface area contributed by atoms with Gasteiger partial charge in [0.15, 0.2) is 0 Å². The van der Waals surface area contributed by atoms with Crippen LogP contribution >= 0.6 is 0 Å². The van der Waals surface area contributed by atoms with Crippen molar-refractivity contribution in [1.82, 2.24) is 0 Å². The van der Waals surface area contributed by atoms with Crippen molar-refractivity contribution in [3.05, 3.63) is 73.8 Å². The van der Waals surface area contributed by atoms with Gasteiger partial charge in [-0.2, -0.15) is 0 Å². The molecule has 2 aromatic carbocycles. The fraction of sp³-hybridized carbons (Fsp3) is 0.111. The zero-order chi connectivity index (χ0) is 14.9. The molecule has 0 amide bonds. The number of rotatable bonds is 8. The molecule has 0 bridgehead atoms. The van der Waals surface area contributed by atoms with Gasteiger partial charge in [0.1, 0.15) is 36.2 Å². The molecule has 3 nitrogen and oxygen atoms in total. The van der Waals surface area contributed by atoms with Crippen LogP contribution in [0, 0.1) is 0 Å². The highest BCUT2D eigenvalue weighted by Crippen LogP contribution is 2.27. The van der Waals surface area contributed by atoms with Gasteiger partial charge in [0.25, 0.3) is 0 Å². The first-order valence-corrected chi connectivity index (χ1v) is 6.67. The molecule has 0 aliphatic carbocycles. The maximum Gasteiger partial charge on any atom is 0.131 e. The molecule has 0 unspecified atom stereocenters. The van der Waals surface area contributed by atoms with Gasteiger partial charge in [-0.1, -0.05) is 37.4 Å². The van der Waals surface area contributed by atoms with Gasteiger partial charge >= 0.3 is 0 Å². The van der Waals surface area contributed by atoms with Crippen molar-refractivity contribution in [2.45, 2.75) is 0 Å². The van der Waals surface area contributed by atoms with Crippen LogP contribution in [0.25, 0.3) is 0 Å². The summed E-state index contributed by atoms with van der Waals surface area (Å²) in [6, 6.07) is 14.9. The first-order chi connectivity index (χ1) is 10.3.